The molecule has 0 aliphatic heterocycles. The van der Waals surface area contributed by atoms with Gasteiger partial charge in [0.25, 0.3) is 0 Å². The zero-order valence-electron chi connectivity index (χ0n) is 22.6. The smallest absolute Gasteiger partial charge is 0.244 e. The van der Waals surface area contributed by atoms with Crippen LogP contribution in [0.15, 0.2) is 83.3 Å². The molecule has 0 unspecified atom stereocenters. The second kappa shape index (κ2) is 14.3. The first kappa shape index (κ1) is 30.4. The highest BCUT2D eigenvalue weighted by Crippen LogP contribution is 2.23. The van der Waals surface area contributed by atoms with Crippen molar-refractivity contribution in [2.75, 3.05) is 23.7 Å². The minimum absolute atomic E-state index is 0.161. The second-order valence-corrected chi connectivity index (χ2v) is 12.4. The third-order valence-corrected chi connectivity index (χ3v) is 7.98. The van der Waals surface area contributed by atoms with Gasteiger partial charge in [-0.25, -0.2) is 8.42 Å². The Kier molecular flexibility index (Phi) is 11.1. The molecule has 3 aromatic carbocycles. The molecule has 0 heterocycles. The number of halogens is 1. The van der Waals surface area contributed by atoms with Crippen LogP contribution >= 0.6 is 15.9 Å². The van der Waals surface area contributed by atoms with Gasteiger partial charge in [-0.15, -0.1) is 0 Å². The van der Waals surface area contributed by atoms with Crippen molar-refractivity contribution in [3.05, 3.63) is 100 Å². The number of sulfonamides is 1. The van der Waals surface area contributed by atoms with Gasteiger partial charge in [0.1, 0.15) is 12.6 Å². The van der Waals surface area contributed by atoms with Crippen molar-refractivity contribution in [3.8, 4) is 0 Å². The molecule has 9 heteroatoms. The number of carbonyl (C=O) groups is 2. The number of unbranched alkanes of at least 4 members (excludes halogenated alkanes) is 1. The standard InChI is InChI=1S/C30H36BrN3O4S/c1-4-5-18-32-30(36)28(19-24-10-7-6-8-11-24)33(21-25-16-14-23(2)15-17-25)29(35)22-34(39(3,37)38)27-13-9-12-26(31)20-27/h6-17,20,28H,4-5,18-19,21-22H2,1-3H3,(H,32,36)/t28-/m1/s1. The summed E-state index contributed by atoms with van der Waals surface area (Å²) in [5, 5.41) is 2.99. The lowest BCUT2D eigenvalue weighted by Crippen LogP contribution is -2.53. The minimum Gasteiger partial charge on any atom is -0.354 e. The fourth-order valence-corrected chi connectivity index (χ4v) is 5.42. The highest BCUT2D eigenvalue weighted by Gasteiger charge is 2.33. The van der Waals surface area contributed by atoms with Crippen LogP contribution in [0.4, 0.5) is 5.69 Å². The average Bonchev–Trinajstić information content (AvgIpc) is 2.90. The Bertz CT molecular complexity index is 1350. The van der Waals surface area contributed by atoms with Crippen molar-refractivity contribution in [1.29, 1.82) is 0 Å². The molecular formula is C30H36BrN3O4S. The van der Waals surface area contributed by atoms with Gasteiger partial charge in [0.05, 0.1) is 11.9 Å². The van der Waals surface area contributed by atoms with E-state index in [0.717, 1.165) is 40.1 Å². The van der Waals surface area contributed by atoms with E-state index in [-0.39, 0.29) is 12.5 Å². The lowest BCUT2D eigenvalue weighted by atomic mass is 10.0. The van der Waals surface area contributed by atoms with Gasteiger partial charge in [0, 0.05) is 24.0 Å². The molecule has 0 aromatic heterocycles. The van der Waals surface area contributed by atoms with Gasteiger partial charge < -0.3 is 10.2 Å². The Hall–Kier alpha value is -3.17. The Labute approximate surface area is 240 Å². The first-order valence-electron chi connectivity index (χ1n) is 13.0. The highest BCUT2D eigenvalue weighted by molar-refractivity contribution is 9.10. The van der Waals surface area contributed by atoms with Gasteiger partial charge >= 0.3 is 0 Å². The predicted octanol–water partition coefficient (Wildman–Crippen LogP) is 5.08. The van der Waals surface area contributed by atoms with Gasteiger partial charge in [0.15, 0.2) is 0 Å². The number of amides is 2. The van der Waals surface area contributed by atoms with E-state index in [0.29, 0.717) is 23.1 Å². The maximum Gasteiger partial charge on any atom is 0.244 e. The van der Waals surface area contributed by atoms with Crippen LogP contribution in [0.25, 0.3) is 0 Å². The number of aryl methyl sites for hydroxylation is 1. The number of nitrogens with zero attached hydrogens (tertiary/aromatic N) is 2. The summed E-state index contributed by atoms with van der Waals surface area (Å²) >= 11 is 3.38. The van der Waals surface area contributed by atoms with Crippen molar-refractivity contribution in [3.63, 3.8) is 0 Å². The van der Waals surface area contributed by atoms with Crippen LogP contribution < -0.4 is 9.62 Å². The van der Waals surface area contributed by atoms with Crippen molar-refractivity contribution in [2.24, 2.45) is 0 Å². The van der Waals surface area contributed by atoms with E-state index in [4.69, 9.17) is 0 Å². The first-order chi connectivity index (χ1) is 18.6. The van der Waals surface area contributed by atoms with Crippen LogP contribution in [0.2, 0.25) is 0 Å². The summed E-state index contributed by atoms with van der Waals surface area (Å²) in [5.74, 6) is -0.728. The summed E-state index contributed by atoms with van der Waals surface area (Å²) in [5.41, 5.74) is 3.19. The monoisotopic (exact) mass is 613 g/mol. The van der Waals surface area contributed by atoms with E-state index in [9.17, 15) is 18.0 Å². The van der Waals surface area contributed by atoms with Crippen LogP contribution in [0.3, 0.4) is 0 Å². The van der Waals surface area contributed by atoms with E-state index < -0.39 is 28.5 Å². The Morgan fingerprint density at radius 2 is 1.64 bits per heavy atom. The summed E-state index contributed by atoms with van der Waals surface area (Å²) in [6, 6.07) is 23.2. The molecule has 0 aliphatic carbocycles. The third kappa shape index (κ3) is 9.21. The molecule has 0 radical (unpaired) electrons. The number of rotatable bonds is 13. The van der Waals surface area contributed by atoms with Crippen molar-refractivity contribution in [1.82, 2.24) is 10.2 Å². The number of anilines is 1. The molecule has 1 N–H and O–H groups in total. The number of carbonyl (C=O) groups excluding carboxylic acids is 2. The molecule has 1 atom stereocenters. The van der Waals surface area contributed by atoms with Gasteiger partial charge in [-0.2, -0.15) is 0 Å². The molecule has 39 heavy (non-hydrogen) atoms. The van der Waals surface area contributed by atoms with Crippen molar-refractivity contribution < 1.29 is 18.0 Å². The second-order valence-electron chi connectivity index (χ2n) is 9.61. The zero-order valence-corrected chi connectivity index (χ0v) is 25.0. The number of hydrogen-bond donors (Lipinski definition) is 1. The Balaban J connectivity index is 2.02. The molecular weight excluding hydrogens is 578 g/mol. The molecule has 7 nitrogen and oxygen atoms in total. The highest BCUT2D eigenvalue weighted by atomic mass is 79.9. The van der Waals surface area contributed by atoms with E-state index >= 15 is 0 Å². The number of nitrogens with one attached hydrogen (secondary N) is 1. The fourth-order valence-electron chi connectivity index (χ4n) is 4.20. The fraction of sp³-hybridized carbons (Fsp3) is 0.333. The maximum atomic E-state index is 14.0. The Morgan fingerprint density at radius 1 is 0.949 bits per heavy atom. The maximum absolute atomic E-state index is 14.0. The lowest BCUT2D eigenvalue weighted by molar-refractivity contribution is -0.140. The summed E-state index contributed by atoms with van der Waals surface area (Å²) in [4.78, 5) is 29.1. The predicted molar refractivity (Wildman–Crippen MR) is 160 cm³/mol. The van der Waals surface area contributed by atoms with Gasteiger partial charge in [-0.1, -0.05) is 95.5 Å². The van der Waals surface area contributed by atoms with Crippen molar-refractivity contribution in [2.45, 2.75) is 45.7 Å². The van der Waals surface area contributed by atoms with E-state index in [2.05, 4.69) is 21.2 Å². The van der Waals surface area contributed by atoms with Crippen LogP contribution in [-0.4, -0.2) is 50.5 Å². The molecule has 0 bridgehead atoms. The zero-order chi connectivity index (χ0) is 28.4. The van der Waals surface area contributed by atoms with Crippen LogP contribution in [-0.2, 0) is 32.6 Å². The van der Waals surface area contributed by atoms with Crippen LogP contribution in [0, 0.1) is 6.92 Å². The van der Waals surface area contributed by atoms with E-state index in [1.165, 1.54) is 4.90 Å². The minimum atomic E-state index is -3.80. The van der Waals surface area contributed by atoms with Crippen LogP contribution in [0.1, 0.15) is 36.5 Å². The number of hydrogen-bond acceptors (Lipinski definition) is 4. The normalized spacial score (nSPS) is 12.0. The third-order valence-electron chi connectivity index (χ3n) is 6.35. The lowest BCUT2D eigenvalue weighted by Gasteiger charge is -2.33. The van der Waals surface area contributed by atoms with E-state index in [1.807, 2.05) is 68.4 Å². The average molecular weight is 615 g/mol. The molecule has 0 fully saturated rings. The first-order valence-corrected chi connectivity index (χ1v) is 15.6. The largest absolute Gasteiger partial charge is 0.354 e. The quantitative estimate of drug-likeness (QED) is 0.272. The summed E-state index contributed by atoms with van der Waals surface area (Å²) in [6.45, 7) is 4.25. The number of benzene rings is 3. The summed E-state index contributed by atoms with van der Waals surface area (Å²) in [6.07, 6.45) is 3.11. The molecule has 0 spiro atoms. The van der Waals surface area contributed by atoms with Gasteiger partial charge in [-0.05, 0) is 42.7 Å². The topological polar surface area (TPSA) is 86.8 Å². The summed E-state index contributed by atoms with van der Waals surface area (Å²) in [7, 11) is -3.80. The van der Waals surface area contributed by atoms with Crippen LogP contribution in [0.5, 0.6) is 0 Å². The molecule has 3 rings (SSSR count). The van der Waals surface area contributed by atoms with E-state index in [1.54, 1.807) is 24.3 Å². The molecule has 0 saturated heterocycles. The molecule has 2 amide bonds. The molecule has 0 saturated carbocycles. The SMILES string of the molecule is CCCCNC(=O)[C@@H](Cc1ccccc1)N(Cc1ccc(C)cc1)C(=O)CN(c1cccc(Br)c1)S(C)(=O)=O. The molecule has 0 aliphatic rings. The molecule has 3 aromatic rings. The van der Waals surface area contributed by atoms with Gasteiger partial charge in [0.2, 0.25) is 21.8 Å². The molecule has 208 valence electrons. The Morgan fingerprint density at radius 3 is 2.26 bits per heavy atom. The van der Waals surface area contributed by atoms with Gasteiger partial charge in [-0.3, -0.25) is 13.9 Å². The summed E-state index contributed by atoms with van der Waals surface area (Å²) < 4.78 is 27.4. The van der Waals surface area contributed by atoms with Crippen molar-refractivity contribution >= 4 is 43.5 Å².